The first kappa shape index (κ1) is 9.41. The Morgan fingerprint density at radius 3 is 2.54 bits per heavy atom. The van der Waals surface area contributed by atoms with Gasteiger partial charge in [-0.3, -0.25) is 4.90 Å². The molecule has 13 heavy (non-hydrogen) atoms. The highest BCUT2D eigenvalue weighted by Crippen LogP contribution is 2.51. The molecule has 0 radical (unpaired) electrons. The lowest BCUT2D eigenvalue weighted by molar-refractivity contribution is 0.117. The molecule has 1 aliphatic carbocycles. The Bertz CT molecular complexity index is 203. The molecule has 3 fully saturated rings. The van der Waals surface area contributed by atoms with Crippen LogP contribution in [-0.4, -0.2) is 36.2 Å². The fourth-order valence-corrected chi connectivity index (χ4v) is 2.79. The second kappa shape index (κ2) is 2.67. The maximum atomic E-state index is 13.4. The van der Waals surface area contributed by atoms with Crippen molar-refractivity contribution in [1.29, 1.82) is 0 Å². The number of nitrogens with zero attached hydrogens (tertiary/aromatic N) is 1. The zero-order valence-corrected chi connectivity index (χ0v) is 8.52. The minimum atomic E-state index is -1.06. The molecule has 0 aromatic heterocycles. The van der Waals surface area contributed by atoms with Crippen LogP contribution in [0.15, 0.2) is 0 Å². The molecule has 0 aromatic rings. The molecule has 3 heteroatoms. The van der Waals surface area contributed by atoms with Gasteiger partial charge in [0, 0.05) is 19.1 Å². The third-order valence-electron chi connectivity index (χ3n) is 3.40. The number of hydrogen-bond acceptors (Lipinski definition) is 2. The van der Waals surface area contributed by atoms with Gasteiger partial charge in [0.05, 0.1) is 0 Å². The van der Waals surface area contributed by atoms with E-state index in [0.717, 1.165) is 13.1 Å². The van der Waals surface area contributed by atoms with Gasteiger partial charge < -0.3 is 5.73 Å². The molecule has 0 atom stereocenters. The second-order valence-corrected chi connectivity index (χ2v) is 5.39. The summed E-state index contributed by atoms with van der Waals surface area (Å²) in [6, 6.07) is 0.624. The minimum Gasteiger partial charge on any atom is -0.330 e. The van der Waals surface area contributed by atoms with Crippen molar-refractivity contribution in [2.45, 2.75) is 38.4 Å². The van der Waals surface area contributed by atoms with Crippen LogP contribution in [0, 0.1) is 5.41 Å². The van der Waals surface area contributed by atoms with E-state index < -0.39 is 5.67 Å². The highest BCUT2D eigenvalue weighted by Gasteiger charge is 2.54. The van der Waals surface area contributed by atoms with Crippen LogP contribution in [0.3, 0.4) is 0 Å². The van der Waals surface area contributed by atoms with Gasteiger partial charge in [0.15, 0.2) is 0 Å². The van der Waals surface area contributed by atoms with Crippen LogP contribution in [0.25, 0.3) is 0 Å². The summed E-state index contributed by atoms with van der Waals surface area (Å²) in [5.74, 6) is 0. The molecule has 0 aromatic carbocycles. The summed E-state index contributed by atoms with van der Waals surface area (Å²) in [5.41, 5.74) is 5.01. The molecule has 0 amide bonds. The van der Waals surface area contributed by atoms with Crippen LogP contribution in [0.2, 0.25) is 0 Å². The Balaban J connectivity index is 1.92. The first-order valence-corrected chi connectivity index (χ1v) is 5.07. The molecule has 2 aliphatic heterocycles. The van der Waals surface area contributed by atoms with E-state index in [2.05, 4.69) is 4.90 Å². The number of halogens is 1. The number of alkyl halides is 1. The van der Waals surface area contributed by atoms with E-state index >= 15 is 0 Å². The van der Waals surface area contributed by atoms with Crippen molar-refractivity contribution in [3.63, 3.8) is 0 Å². The number of hydrogen-bond donors (Lipinski definition) is 1. The number of nitrogens with two attached hydrogens (primary N) is 1. The highest BCUT2D eigenvalue weighted by atomic mass is 19.1. The average Bonchev–Trinajstić information content (AvgIpc) is 2.36. The summed E-state index contributed by atoms with van der Waals surface area (Å²) in [7, 11) is 0. The molecule has 2 N–H and O–H groups in total. The monoisotopic (exact) mass is 186 g/mol. The van der Waals surface area contributed by atoms with Crippen LogP contribution < -0.4 is 5.73 Å². The van der Waals surface area contributed by atoms with Crippen molar-refractivity contribution in [1.82, 2.24) is 4.90 Å². The third-order valence-corrected chi connectivity index (χ3v) is 3.40. The molecule has 0 unspecified atom stereocenters. The van der Waals surface area contributed by atoms with Gasteiger partial charge in [-0.15, -0.1) is 0 Å². The van der Waals surface area contributed by atoms with Crippen molar-refractivity contribution in [2.75, 3.05) is 19.6 Å². The quantitative estimate of drug-likeness (QED) is 0.716. The lowest BCUT2D eigenvalue weighted by Crippen LogP contribution is -2.41. The summed E-state index contributed by atoms with van der Waals surface area (Å²) in [5, 5.41) is 0. The SMILES string of the molecule is CC(C)(F)CN1CC2(CN)CC1C2. The van der Waals surface area contributed by atoms with Gasteiger partial charge in [0.2, 0.25) is 0 Å². The summed E-state index contributed by atoms with van der Waals surface area (Å²) in [4.78, 5) is 2.27. The fraction of sp³-hybridized carbons (Fsp3) is 1.00. The Kier molecular flexibility index (Phi) is 1.93. The highest BCUT2D eigenvalue weighted by molar-refractivity contribution is 5.09. The molecule has 3 aliphatic rings. The van der Waals surface area contributed by atoms with Gasteiger partial charge in [-0.2, -0.15) is 0 Å². The first-order chi connectivity index (χ1) is 5.94. The Morgan fingerprint density at radius 2 is 2.15 bits per heavy atom. The summed E-state index contributed by atoms with van der Waals surface area (Å²) in [6.07, 6.45) is 2.39. The normalized spacial score (nSPS) is 39.2. The first-order valence-electron chi connectivity index (χ1n) is 5.07. The van der Waals surface area contributed by atoms with E-state index in [-0.39, 0.29) is 0 Å². The van der Waals surface area contributed by atoms with Crippen molar-refractivity contribution >= 4 is 0 Å². The van der Waals surface area contributed by atoms with E-state index in [1.807, 2.05) is 0 Å². The zero-order chi connectivity index (χ0) is 9.69. The van der Waals surface area contributed by atoms with Gasteiger partial charge >= 0.3 is 0 Å². The maximum Gasteiger partial charge on any atom is 0.118 e. The Morgan fingerprint density at radius 1 is 1.54 bits per heavy atom. The molecule has 2 heterocycles. The standard InChI is InChI=1S/C10H19FN2/c1-9(2,11)6-13-7-10(5-12)3-8(13)4-10/h8H,3-7,12H2,1-2H3. The summed E-state index contributed by atoms with van der Waals surface area (Å²) < 4.78 is 13.4. The predicted octanol–water partition coefficient (Wildman–Crippen LogP) is 1.16. The van der Waals surface area contributed by atoms with Crippen LogP contribution >= 0.6 is 0 Å². The van der Waals surface area contributed by atoms with Gasteiger partial charge in [-0.05, 0) is 38.6 Å². The van der Waals surface area contributed by atoms with Crippen LogP contribution in [0.5, 0.6) is 0 Å². The third kappa shape index (κ3) is 1.59. The Labute approximate surface area is 79.3 Å². The molecule has 76 valence electrons. The van der Waals surface area contributed by atoms with E-state index in [1.54, 1.807) is 13.8 Å². The van der Waals surface area contributed by atoms with Crippen molar-refractivity contribution in [3.8, 4) is 0 Å². The summed E-state index contributed by atoms with van der Waals surface area (Å²) in [6.45, 7) is 5.66. The molecular formula is C10H19FN2. The molecule has 2 bridgehead atoms. The van der Waals surface area contributed by atoms with Crippen molar-refractivity contribution in [3.05, 3.63) is 0 Å². The van der Waals surface area contributed by atoms with E-state index in [9.17, 15) is 4.39 Å². The number of fused-ring (bicyclic) bond motifs is 1. The molecule has 0 spiro atoms. The zero-order valence-electron chi connectivity index (χ0n) is 8.52. The summed E-state index contributed by atoms with van der Waals surface area (Å²) >= 11 is 0. The molecule has 2 nitrogen and oxygen atoms in total. The van der Waals surface area contributed by atoms with Gasteiger partial charge in [0.25, 0.3) is 0 Å². The minimum absolute atomic E-state index is 0.357. The Hall–Kier alpha value is -0.150. The topological polar surface area (TPSA) is 29.3 Å². The van der Waals surface area contributed by atoms with Crippen molar-refractivity contribution in [2.24, 2.45) is 11.1 Å². The molecule has 1 saturated carbocycles. The second-order valence-electron chi connectivity index (χ2n) is 5.39. The van der Waals surface area contributed by atoms with Gasteiger partial charge in [-0.25, -0.2) is 4.39 Å². The number of rotatable bonds is 3. The van der Waals surface area contributed by atoms with Gasteiger partial charge in [0.1, 0.15) is 5.67 Å². The lowest BCUT2D eigenvalue weighted by Gasteiger charge is -2.36. The van der Waals surface area contributed by atoms with Crippen LogP contribution in [-0.2, 0) is 0 Å². The largest absolute Gasteiger partial charge is 0.330 e. The average molecular weight is 186 g/mol. The maximum absolute atomic E-state index is 13.4. The van der Waals surface area contributed by atoms with E-state index in [1.165, 1.54) is 12.8 Å². The van der Waals surface area contributed by atoms with E-state index in [0.29, 0.717) is 18.0 Å². The molecular weight excluding hydrogens is 167 g/mol. The predicted molar refractivity (Wildman–Crippen MR) is 51.3 cm³/mol. The van der Waals surface area contributed by atoms with Crippen molar-refractivity contribution < 1.29 is 4.39 Å². The fourth-order valence-electron chi connectivity index (χ4n) is 2.79. The van der Waals surface area contributed by atoms with Crippen LogP contribution in [0.4, 0.5) is 4.39 Å². The smallest absolute Gasteiger partial charge is 0.118 e. The van der Waals surface area contributed by atoms with Gasteiger partial charge in [-0.1, -0.05) is 0 Å². The lowest BCUT2D eigenvalue weighted by atomic mass is 9.70. The molecule has 2 saturated heterocycles. The molecule has 3 rings (SSSR count). The van der Waals surface area contributed by atoms with Crippen LogP contribution in [0.1, 0.15) is 26.7 Å². The van der Waals surface area contributed by atoms with E-state index in [4.69, 9.17) is 5.73 Å².